The molecule has 0 aliphatic carbocycles. The van der Waals surface area contributed by atoms with E-state index >= 15 is 0 Å². The molecule has 1 aliphatic rings. The van der Waals surface area contributed by atoms with Crippen molar-refractivity contribution < 1.29 is 9.53 Å². The summed E-state index contributed by atoms with van der Waals surface area (Å²) in [6.45, 7) is 8.73. The van der Waals surface area contributed by atoms with E-state index in [0.717, 1.165) is 13.0 Å². The van der Waals surface area contributed by atoms with E-state index in [1.165, 1.54) is 0 Å². The van der Waals surface area contributed by atoms with Gasteiger partial charge < -0.3 is 15.0 Å². The number of nitrogens with one attached hydrogen (secondary N) is 1. The molecule has 0 aromatic heterocycles. The monoisotopic (exact) mass is 214 g/mol. The molecule has 1 amide bonds. The average Bonchev–Trinajstić information content (AvgIpc) is 2.26. The van der Waals surface area contributed by atoms with Crippen molar-refractivity contribution >= 4 is 5.91 Å². The number of hydrogen-bond acceptors (Lipinski definition) is 3. The normalized spacial score (nSPS) is 23.9. The van der Waals surface area contributed by atoms with E-state index in [9.17, 15) is 4.79 Å². The highest BCUT2D eigenvalue weighted by Gasteiger charge is 2.23. The zero-order chi connectivity index (χ0) is 11.3. The molecule has 0 aromatic carbocycles. The molecule has 2 atom stereocenters. The van der Waals surface area contributed by atoms with E-state index in [4.69, 9.17) is 4.74 Å². The fourth-order valence-electron chi connectivity index (χ4n) is 1.61. The van der Waals surface area contributed by atoms with Gasteiger partial charge in [-0.25, -0.2) is 0 Å². The van der Waals surface area contributed by atoms with Gasteiger partial charge in [0.1, 0.15) is 0 Å². The van der Waals surface area contributed by atoms with E-state index in [1.54, 1.807) is 0 Å². The largest absolute Gasteiger partial charge is 0.377 e. The zero-order valence-corrected chi connectivity index (χ0v) is 9.95. The van der Waals surface area contributed by atoms with E-state index in [1.807, 2.05) is 11.8 Å². The highest BCUT2D eigenvalue weighted by atomic mass is 16.5. The summed E-state index contributed by atoms with van der Waals surface area (Å²) >= 11 is 0. The highest BCUT2D eigenvalue weighted by Crippen LogP contribution is 2.05. The van der Waals surface area contributed by atoms with Crippen LogP contribution in [0.5, 0.6) is 0 Å². The first-order chi connectivity index (χ1) is 7.15. The third-order valence-corrected chi connectivity index (χ3v) is 2.90. The van der Waals surface area contributed by atoms with Gasteiger partial charge in [0.15, 0.2) is 0 Å². The van der Waals surface area contributed by atoms with Crippen LogP contribution in [0.15, 0.2) is 0 Å². The van der Waals surface area contributed by atoms with E-state index in [0.29, 0.717) is 25.8 Å². The van der Waals surface area contributed by atoms with Crippen LogP contribution in [0.1, 0.15) is 27.2 Å². The summed E-state index contributed by atoms with van der Waals surface area (Å²) in [6, 6.07) is 0.621. The summed E-state index contributed by atoms with van der Waals surface area (Å²) in [5, 5.41) is 3.22. The van der Waals surface area contributed by atoms with Gasteiger partial charge in [0.25, 0.3) is 0 Å². The molecule has 1 saturated heterocycles. The van der Waals surface area contributed by atoms with Gasteiger partial charge in [0, 0.05) is 12.6 Å². The Kier molecular flexibility index (Phi) is 5.05. The first kappa shape index (κ1) is 12.5. The summed E-state index contributed by atoms with van der Waals surface area (Å²) < 4.78 is 5.29. The van der Waals surface area contributed by atoms with Crippen molar-refractivity contribution in [2.75, 3.05) is 26.3 Å². The first-order valence-electron chi connectivity index (χ1n) is 5.75. The molecule has 0 saturated carbocycles. The molecular formula is C11H22N2O2. The summed E-state index contributed by atoms with van der Waals surface area (Å²) in [7, 11) is 0. The molecule has 1 aliphatic heterocycles. The minimum atomic E-state index is 0.186. The van der Waals surface area contributed by atoms with Crippen LogP contribution in [0.2, 0.25) is 0 Å². The SMILES string of the molecule is CCC(C)NCC(=O)N1CCOC[C@H]1C. The molecule has 0 radical (unpaired) electrons. The van der Waals surface area contributed by atoms with Crippen LogP contribution >= 0.6 is 0 Å². The topological polar surface area (TPSA) is 41.6 Å². The van der Waals surface area contributed by atoms with Crippen LogP contribution in [0.4, 0.5) is 0 Å². The molecule has 15 heavy (non-hydrogen) atoms. The maximum absolute atomic E-state index is 11.8. The Morgan fingerprint density at radius 3 is 3.00 bits per heavy atom. The van der Waals surface area contributed by atoms with Gasteiger partial charge in [-0.15, -0.1) is 0 Å². The molecular weight excluding hydrogens is 192 g/mol. The van der Waals surface area contributed by atoms with E-state index < -0.39 is 0 Å². The van der Waals surface area contributed by atoms with Crippen LogP contribution in [-0.2, 0) is 9.53 Å². The fraction of sp³-hybridized carbons (Fsp3) is 0.909. The van der Waals surface area contributed by atoms with Crippen molar-refractivity contribution in [3.63, 3.8) is 0 Å². The molecule has 88 valence electrons. The van der Waals surface area contributed by atoms with Gasteiger partial charge in [0.05, 0.1) is 25.8 Å². The maximum Gasteiger partial charge on any atom is 0.236 e. The Morgan fingerprint density at radius 2 is 2.40 bits per heavy atom. The first-order valence-corrected chi connectivity index (χ1v) is 5.75. The third kappa shape index (κ3) is 3.80. The van der Waals surface area contributed by atoms with Crippen molar-refractivity contribution in [1.82, 2.24) is 10.2 Å². The van der Waals surface area contributed by atoms with E-state index in [2.05, 4.69) is 19.2 Å². The third-order valence-electron chi connectivity index (χ3n) is 2.90. The number of rotatable bonds is 4. The van der Waals surface area contributed by atoms with Crippen molar-refractivity contribution in [2.45, 2.75) is 39.3 Å². The number of hydrogen-bond donors (Lipinski definition) is 1. The number of nitrogens with zero attached hydrogens (tertiary/aromatic N) is 1. The van der Waals surface area contributed by atoms with Crippen LogP contribution in [0.3, 0.4) is 0 Å². The van der Waals surface area contributed by atoms with Gasteiger partial charge in [-0.1, -0.05) is 6.92 Å². The minimum Gasteiger partial charge on any atom is -0.377 e. The summed E-state index contributed by atoms with van der Waals surface area (Å²) in [4.78, 5) is 13.7. The average molecular weight is 214 g/mol. The van der Waals surface area contributed by atoms with Crippen LogP contribution in [-0.4, -0.2) is 49.2 Å². The zero-order valence-electron chi connectivity index (χ0n) is 9.95. The smallest absolute Gasteiger partial charge is 0.236 e. The molecule has 1 fully saturated rings. The van der Waals surface area contributed by atoms with Gasteiger partial charge in [0.2, 0.25) is 5.91 Å². The molecule has 1 N–H and O–H groups in total. The van der Waals surface area contributed by atoms with Gasteiger partial charge >= 0.3 is 0 Å². The number of carbonyl (C=O) groups is 1. The molecule has 0 spiro atoms. The Morgan fingerprint density at radius 1 is 1.67 bits per heavy atom. The molecule has 1 rings (SSSR count). The number of morpholine rings is 1. The van der Waals surface area contributed by atoms with Crippen LogP contribution < -0.4 is 5.32 Å². The molecule has 0 aromatic rings. The lowest BCUT2D eigenvalue weighted by molar-refractivity contribution is -0.138. The van der Waals surface area contributed by atoms with Crippen molar-refractivity contribution in [2.24, 2.45) is 0 Å². The molecule has 0 bridgehead atoms. The molecule has 4 heteroatoms. The lowest BCUT2D eigenvalue weighted by Gasteiger charge is -2.33. The Balaban J connectivity index is 2.32. The van der Waals surface area contributed by atoms with Gasteiger partial charge in [-0.3, -0.25) is 4.79 Å². The van der Waals surface area contributed by atoms with Crippen molar-refractivity contribution in [1.29, 1.82) is 0 Å². The number of carbonyl (C=O) groups excluding carboxylic acids is 1. The predicted molar refractivity (Wildman–Crippen MR) is 59.7 cm³/mol. The van der Waals surface area contributed by atoms with E-state index in [-0.39, 0.29) is 11.9 Å². The second-order valence-electron chi connectivity index (χ2n) is 4.20. The summed E-state index contributed by atoms with van der Waals surface area (Å²) in [5.74, 6) is 0.186. The predicted octanol–water partition coefficient (Wildman–Crippen LogP) is 0.622. The highest BCUT2D eigenvalue weighted by molar-refractivity contribution is 5.78. The van der Waals surface area contributed by atoms with Crippen molar-refractivity contribution in [3.8, 4) is 0 Å². The fourth-order valence-corrected chi connectivity index (χ4v) is 1.61. The lowest BCUT2D eigenvalue weighted by atomic mass is 10.2. The molecule has 4 nitrogen and oxygen atoms in total. The second-order valence-corrected chi connectivity index (χ2v) is 4.20. The maximum atomic E-state index is 11.8. The van der Waals surface area contributed by atoms with Gasteiger partial charge in [-0.2, -0.15) is 0 Å². The minimum absolute atomic E-state index is 0.186. The molecule has 1 unspecified atom stereocenters. The Hall–Kier alpha value is -0.610. The number of amides is 1. The van der Waals surface area contributed by atoms with Crippen LogP contribution in [0.25, 0.3) is 0 Å². The Labute approximate surface area is 92.0 Å². The summed E-state index contributed by atoms with van der Waals surface area (Å²) in [5.41, 5.74) is 0. The second kappa shape index (κ2) is 6.08. The summed E-state index contributed by atoms with van der Waals surface area (Å²) in [6.07, 6.45) is 1.05. The Bertz CT molecular complexity index is 209. The molecule has 1 heterocycles. The van der Waals surface area contributed by atoms with Crippen LogP contribution in [0, 0.1) is 0 Å². The lowest BCUT2D eigenvalue weighted by Crippen LogP contribution is -2.50. The standard InChI is InChI=1S/C11H22N2O2/c1-4-9(2)12-7-11(14)13-5-6-15-8-10(13)3/h9-10,12H,4-8H2,1-3H3/t9?,10-/m1/s1. The number of ether oxygens (including phenoxy) is 1. The quantitative estimate of drug-likeness (QED) is 0.746. The van der Waals surface area contributed by atoms with Crippen molar-refractivity contribution in [3.05, 3.63) is 0 Å². The van der Waals surface area contributed by atoms with Gasteiger partial charge in [-0.05, 0) is 20.3 Å².